The molecule has 12 heavy (non-hydrogen) atoms. The molecule has 1 aliphatic rings. The standard InChI is InChI=1S/C9H16O2.Li/c1-2-11-9(10)8-6-4-3-5-7-8;/h10H,2-7H2,1H3;/q;+1/p-1. The van der Waals surface area contributed by atoms with E-state index in [9.17, 15) is 5.11 Å². The van der Waals surface area contributed by atoms with Gasteiger partial charge in [0.05, 0.1) is 5.95 Å². The average Bonchev–Trinajstić information content (AvgIpc) is 2.07. The van der Waals surface area contributed by atoms with Crippen molar-refractivity contribution in [1.29, 1.82) is 0 Å². The van der Waals surface area contributed by atoms with Crippen molar-refractivity contribution in [3.05, 3.63) is 11.5 Å². The Morgan fingerprint density at radius 1 is 1.33 bits per heavy atom. The Bertz CT molecular complexity index is 147. The predicted molar refractivity (Wildman–Crippen MR) is 41.7 cm³/mol. The molecule has 0 aliphatic heterocycles. The van der Waals surface area contributed by atoms with E-state index in [0.29, 0.717) is 6.61 Å². The van der Waals surface area contributed by atoms with E-state index in [4.69, 9.17) is 4.74 Å². The molecular formula is C9H15LiO2. The van der Waals surface area contributed by atoms with Gasteiger partial charge in [0.25, 0.3) is 0 Å². The molecule has 64 valence electrons. The van der Waals surface area contributed by atoms with Crippen molar-refractivity contribution in [3.8, 4) is 0 Å². The van der Waals surface area contributed by atoms with Crippen molar-refractivity contribution >= 4 is 0 Å². The average molecular weight is 162 g/mol. The maximum atomic E-state index is 11.1. The topological polar surface area (TPSA) is 32.3 Å². The van der Waals surface area contributed by atoms with E-state index in [1.807, 2.05) is 6.92 Å². The van der Waals surface area contributed by atoms with Crippen molar-refractivity contribution in [3.63, 3.8) is 0 Å². The summed E-state index contributed by atoms with van der Waals surface area (Å²) < 4.78 is 4.91. The van der Waals surface area contributed by atoms with E-state index in [0.717, 1.165) is 31.3 Å². The fourth-order valence-corrected chi connectivity index (χ4v) is 1.42. The van der Waals surface area contributed by atoms with Gasteiger partial charge in [-0.1, -0.05) is 13.3 Å². The van der Waals surface area contributed by atoms with Crippen molar-refractivity contribution in [2.45, 2.75) is 39.0 Å². The van der Waals surface area contributed by atoms with E-state index < -0.39 is 0 Å². The number of ether oxygens (including phenoxy) is 1. The van der Waals surface area contributed by atoms with Gasteiger partial charge in [0.1, 0.15) is 0 Å². The number of hydrogen-bond donors (Lipinski definition) is 0. The Hall–Kier alpha value is -0.0626. The molecule has 2 nitrogen and oxygen atoms in total. The summed E-state index contributed by atoms with van der Waals surface area (Å²) in [7, 11) is 0. The molecule has 1 fully saturated rings. The first kappa shape index (κ1) is 11.9. The molecule has 0 amide bonds. The summed E-state index contributed by atoms with van der Waals surface area (Å²) >= 11 is 0. The third-order valence-electron chi connectivity index (χ3n) is 2.02. The van der Waals surface area contributed by atoms with Crippen molar-refractivity contribution in [2.24, 2.45) is 0 Å². The molecule has 1 aliphatic carbocycles. The van der Waals surface area contributed by atoms with E-state index in [1.165, 1.54) is 6.42 Å². The molecule has 0 bridgehead atoms. The molecule has 1 rings (SSSR count). The summed E-state index contributed by atoms with van der Waals surface area (Å²) in [6.07, 6.45) is 5.50. The van der Waals surface area contributed by atoms with Gasteiger partial charge in [-0.25, -0.2) is 0 Å². The van der Waals surface area contributed by atoms with E-state index in [2.05, 4.69) is 0 Å². The molecule has 0 radical (unpaired) electrons. The molecule has 0 spiro atoms. The largest absolute Gasteiger partial charge is 1.00 e. The van der Waals surface area contributed by atoms with Crippen LogP contribution in [0, 0.1) is 0 Å². The molecule has 0 N–H and O–H groups in total. The van der Waals surface area contributed by atoms with E-state index >= 15 is 0 Å². The fourth-order valence-electron chi connectivity index (χ4n) is 1.42. The SMILES string of the molecule is CCOC([O-])=C1CCCCC1.[Li+]. The van der Waals surface area contributed by atoms with E-state index in [1.54, 1.807) is 0 Å². The third kappa shape index (κ3) is 3.56. The second-order valence-corrected chi connectivity index (χ2v) is 2.88. The summed E-state index contributed by atoms with van der Waals surface area (Å²) in [6.45, 7) is 2.35. The van der Waals surface area contributed by atoms with Crippen LogP contribution in [0.5, 0.6) is 0 Å². The van der Waals surface area contributed by atoms with Gasteiger partial charge in [-0.3, -0.25) is 0 Å². The minimum absolute atomic E-state index is 0. The maximum Gasteiger partial charge on any atom is 1.00 e. The van der Waals surface area contributed by atoms with Crippen molar-refractivity contribution in [2.75, 3.05) is 6.61 Å². The van der Waals surface area contributed by atoms with Gasteiger partial charge in [-0.15, -0.1) is 0 Å². The van der Waals surface area contributed by atoms with Crippen molar-refractivity contribution < 1.29 is 28.7 Å². The first-order chi connectivity index (χ1) is 5.34. The first-order valence-electron chi connectivity index (χ1n) is 4.36. The maximum absolute atomic E-state index is 11.1. The fraction of sp³-hybridized carbons (Fsp3) is 0.778. The molecule has 0 saturated heterocycles. The second-order valence-electron chi connectivity index (χ2n) is 2.88. The van der Waals surface area contributed by atoms with Crippen LogP contribution in [0.25, 0.3) is 0 Å². The molecule has 3 heteroatoms. The molecular weight excluding hydrogens is 147 g/mol. The van der Waals surface area contributed by atoms with Crippen LogP contribution in [0.3, 0.4) is 0 Å². The Morgan fingerprint density at radius 2 is 1.92 bits per heavy atom. The van der Waals surface area contributed by atoms with Crippen LogP contribution < -0.4 is 24.0 Å². The van der Waals surface area contributed by atoms with Crippen LogP contribution in [-0.4, -0.2) is 6.61 Å². The normalized spacial score (nSPS) is 16.6. The Morgan fingerprint density at radius 3 is 2.42 bits per heavy atom. The number of rotatable bonds is 2. The van der Waals surface area contributed by atoms with Gasteiger partial charge in [0.15, 0.2) is 0 Å². The quantitative estimate of drug-likeness (QED) is 0.368. The summed E-state index contributed by atoms with van der Waals surface area (Å²) in [5.41, 5.74) is 0.998. The summed E-state index contributed by atoms with van der Waals surface area (Å²) in [6, 6.07) is 0. The Labute approximate surface area is 86.2 Å². The Balaban J connectivity index is 0.00000121. The summed E-state index contributed by atoms with van der Waals surface area (Å²) in [5.74, 6) is -0.0628. The van der Waals surface area contributed by atoms with Gasteiger partial charge >= 0.3 is 18.9 Å². The van der Waals surface area contributed by atoms with Gasteiger partial charge in [0.2, 0.25) is 0 Å². The third-order valence-corrected chi connectivity index (χ3v) is 2.02. The summed E-state index contributed by atoms with van der Waals surface area (Å²) in [5, 5.41) is 11.1. The molecule has 0 heterocycles. The summed E-state index contributed by atoms with van der Waals surface area (Å²) in [4.78, 5) is 0. The molecule has 0 aromatic rings. The van der Waals surface area contributed by atoms with Gasteiger partial charge < -0.3 is 9.84 Å². The molecule has 0 unspecified atom stereocenters. The smallest absolute Gasteiger partial charge is 0.614 e. The van der Waals surface area contributed by atoms with Gasteiger partial charge in [-0.2, -0.15) is 0 Å². The number of hydrogen-bond acceptors (Lipinski definition) is 2. The Kier molecular flexibility index (Phi) is 6.42. The van der Waals surface area contributed by atoms with Crippen LogP contribution >= 0.6 is 0 Å². The zero-order valence-corrected chi connectivity index (χ0v) is 8.06. The van der Waals surface area contributed by atoms with Crippen molar-refractivity contribution in [1.82, 2.24) is 0 Å². The molecule has 0 aromatic carbocycles. The minimum atomic E-state index is -0.0628. The van der Waals surface area contributed by atoms with Gasteiger partial charge in [-0.05, 0) is 37.9 Å². The zero-order chi connectivity index (χ0) is 8.10. The molecule has 0 aromatic heterocycles. The second kappa shape index (κ2) is 6.45. The first-order valence-corrected chi connectivity index (χ1v) is 4.36. The minimum Gasteiger partial charge on any atom is -0.614 e. The molecule has 1 saturated carbocycles. The van der Waals surface area contributed by atoms with E-state index in [-0.39, 0.29) is 24.8 Å². The van der Waals surface area contributed by atoms with Crippen LogP contribution in [0.4, 0.5) is 0 Å². The number of allylic oxidation sites excluding steroid dienone is 1. The van der Waals surface area contributed by atoms with Crippen LogP contribution in [-0.2, 0) is 4.74 Å². The predicted octanol–water partition coefficient (Wildman–Crippen LogP) is -1.44. The monoisotopic (exact) mass is 162 g/mol. The molecule has 0 atom stereocenters. The zero-order valence-electron chi connectivity index (χ0n) is 8.06. The van der Waals surface area contributed by atoms with Crippen LogP contribution in [0.2, 0.25) is 0 Å². The van der Waals surface area contributed by atoms with Crippen LogP contribution in [0.15, 0.2) is 11.5 Å². The van der Waals surface area contributed by atoms with Crippen LogP contribution in [0.1, 0.15) is 39.0 Å². The van der Waals surface area contributed by atoms with Gasteiger partial charge in [0, 0.05) is 0 Å².